The van der Waals surface area contributed by atoms with Crippen molar-refractivity contribution in [2.24, 2.45) is 0 Å². The summed E-state index contributed by atoms with van der Waals surface area (Å²) in [6.07, 6.45) is 0. The molecule has 14 heavy (non-hydrogen) atoms. The van der Waals surface area contributed by atoms with Gasteiger partial charge in [-0.3, -0.25) is 9.52 Å². The van der Waals surface area contributed by atoms with Crippen LogP contribution in [0.25, 0.3) is 0 Å². The van der Waals surface area contributed by atoms with Crippen molar-refractivity contribution in [3.8, 4) is 0 Å². The molecule has 0 aromatic heterocycles. The molecule has 0 bridgehead atoms. The van der Waals surface area contributed by atoms with Gasteiger partial charge >= 0.3 is 0 Å². The Morgan fingerprint density at radius 3 is 2.64 bits per heavy atom. The highest BCUT2D eigenvalue weighted by Gasteiger charge is 2.02. The summed E-state index contributed by atoms with van der Waals surface area (Å²) >= 11 is 0. The number of carbonyl (C=O) groups is 1. The zero-order chi connectivity index (χ0) is 10.6. The van der Waals surface area contributed by atoms with E-state index in [1.165, 1.54) is 13.1 Å². The number of amides is 1. The quantitative estimate of drug-likeness (QED) is 0.619. The van der Waals surface area contributed by atoms with Crippen LogP contribution < -0.4 is 10.0 Å². The molecule has 1 aromatic rings. The minimum absolute atomic E-state index is 0.255. The van der Waals surface area contributed by atoms with Gasteiger partial charge in [0.15, 0.2) is 0 Å². The lowest BCUT2D eigenvalue weighted by Crippen LogP contribution is -2.17. The number of benzene rings is 1. The molecule has 0 aliphatic heterocycles. The van der Waals surface area contributed by atoms with Crippen LogP contribution in [0.1, 0.15) is 10.4 Å². The SMILES string of the molecule is CNC(=O)c1cccc(N[SH](=O)=O)c1. The van der Waals surface area contributed by atoms with E-state index in [4.69, 9.17) is 0 Å². The van der Waals surface area contributed by atoms with E-state index in [-0.39, 0.29) is 5.91 Å². The molecule has 0 saturated carbocycles. The minimum atomic E-state index is -2.69. The van der Waals surface area contributed by atoms with Crippen molar-refractivity contribution in [2.45, 2.75) is 0 Å². The van der Waals surface area contributed by atoms with Crippen LogP contribution >= 0.6 is 0 Å². The van der Waals surface area contributed by atoms with Crippen LogP contribution in [0.15, 0.2) is 24.3 Å². The first-order valence-corrected chi connectivity index (χ1v) is 5.04. The van der Waals surface area contributed by atoms with E-state index in [1.807, 2.05) is 0 Å². The Balaban J connectivity index is 2.94. The summed E-state index contributed by atoms with van der Waals surface area (Å²) < 4.78 is 22.9. The van der Waals surface area contributed by atoms with Crippen molar-refractivity contribution in [2.75, 3.05) is 11.8 Å². The highest BCUT2D eigenvalue weighted by Crippen LogP contribution is 2.09. The van der Waals surface area contributed by atoms with E-state index in [1.54, 1.807) is 18.2 Å². The normalized spacial score (nSPS) is 9.86. The van der Waals surface area contributed by atoms with Gasteiger partial charge in [-0.05, 0) is 18.2 Å². The van der Waals surface area contributed by atoms with E-state index in [0.29, 0.717) is 11.3 Å². The van der Waals surface area contributed by atoms with Gasteiger partial charge < -0.3 is 5.32 Å². The Kier molecular flexibility index (Phi) is 3.47. The second-order valence-corrected chi connectivity index (χ2v) is 3.27. The summed E-state index contributed by atoms with van der Waals surface area (Å²) in [5, 5.41) is 2.44. The average Bonchev–Trinajstić information content (AvgIpc) is 2.16. The number of rotatable bonds is 3. The van der Waals surface area contributed by atoms with Gasteiger partial charge in [0.2, 0.25) is 10.9 Å². The van der Waals surface area contributed by atoms with E-state index < -0.39 is 10.9 Å². The molecule has 0 fully saturated rings. The highest BCUT2D eigenvalue weighted by molar-refractivity contribution is 7.73. The van der Waals surface area contributed by atoms with E-state index in [9.17, 15) is 13.2 Å². The van der Waals surface area contributed by atoms with Crippen LogP contribution in [0.3, 0.4) is 0 Å². The second-order valence-electron chi connectivity index (χ2n) is 2.53. The summed E-state index contributed by atoms with van der Waals surface area (Å²) in [5.41, 5.74) is 0.788. The summed E-state index contributed by atoms with van der Waals surface area (Å²) in [6, 6.07) is 6.23. The van der Waals surface area contributed by atoms with Crippen molar-refractivity contribution < 1.29 is 13.2 Å². The molecular formula is C8H10N2O3S. The Labute approximate surface area is 83.2 Å². The van der Waals surface area contributed by atoms with E-state index in [2.05, 4.69) is 10.0 Å². The number of hydrogen-bond donors (Lipinski definition) is 3. The fourth-order valence-electron chi connectivity index (χ4n) is 0.980. The second kappa shape index (κ2) is 4.61. The monoisotopic (exact) mass is 214 g/mol. The van der Waals surface area contributed by atoms with E-state index in [0.717, 1.165) is 0 Å². The molecule has 6 heteroatoms. The Morgan fingerprint density at radius 2 is 2.07 bits per heavy atom. The fraction of sp³-hybridized carbons (Fsp3) is 0.125. The summed E-state index contributed by atoms with van der Waals surface area (Å²) in [7, 11) is -1.18. The summed E-state index contributed by atoms with van der Waals surface area (Å²) in [5.74, 6) is -0.255. The van der Waals surface area contributed by atoms with Crippen LogP contribution in [-0.2, 0) is 10.9 Å². The first-order chi connectivity index (χ1) is 6.63. The maximum absolute atomic E-state index is 11.2. The predicted octanol–water partition coefficient (Wildman–Crippen LogP) is -0.0155. The Hall–Kier alpha value is -1.56. The maximum atomic E-state index is 11.2. The number of carbonyl (C=O) groups excluding carboxylic acids is 1. The number of hydrogen-bond acceptors (Lipinski definition) is 3. The molecule has 1 aromatic carbocycles. The number of thiol groups is 1. The van der Waals surface area contributed by atoms with Crippen molar-refractivity contribution in [3.05, 3.63) is 29.8 Å². The van der Waals surface area contributed by atoms with Gasteiger partial charge in [-0.1, -0.05) is 6.07 Å². The zero-order valence-electron chi connectivity index (χ0n) is 7.48. The molecule has 1 amide bonds. The molecule has 0 spiro atoms. The molecule has 0 aliphatic carbocycles. The maximum Gasteiger partial charge on any atom is 0.251 e. The molecule has 0 unspecified atom stereocenters. The van der Waals surface area contributed by atoms with Gasteiger partial charge in [-0.2, -0.15) is 0 Å². The van der Waals surface area contributed by atoms with Crippen molar-refractivity contribution in [1.82, 2.24) is 5.32 Å². The van der Waals surface area contributed by atoms with Crippen LogP contribution in [0.4, 0.5) is 5.69 Å². The van der Waals surface area contributed by atoms with E-state index >= 15 is 0 Å². The first kappa shape index (κ1) is 10.5. The third-order valence-corrected chi connectivity index (χ3v) is 2.01. The van der Waals surface area contributed by atoms with Crippen molar-refractivity contribution >= 4 is 22.5 Å². The summed E-state index contributed by atoms with van der Waals surface area (Å²) in [6.45, 7) is 0. The third kappa shape index (κ3) is 2.74. The Morgan fingerprint density at radius 1 is 1.36 bits per heavy atom. The van der Waals surface area contributed by atoms with Gasteiger partial charge in [-0.15, -0.1) is 0 Å². The molecule has 0 radical (unpaired) electrons. The Bertz CT molecular complexity index is 407. The van der Waals surface area contributed by atoms with Crippen molar-refractivity contribution in [3.63, 3.8) is 0 Å². The largest absolute Gasteiger partial charge is 0.355 e. The molecule has 1 rings (SSSR count). The van der Waals surface area contributed by atoms with Gasteiger partial charge in [0.1, 0.15) is 0 Å². The number of nitrogens with one attached hydrogen (secondary N) is 2. The molecule has 5 nitrogen and oxygen atoms in total. The van der Waals surface area contributed by atoms with Crippen LogP contribution in [0, 0.1) is 0 Å². The zero-order valence-corrected chi connectivity index (χ0v) is 8.38. The molecule has 0 saturated heterocycles. The molecule has 0 aliphatic rings. The lowest BCUT2D eigenvalue weighted by Gasteiger charge is -2.02. The molecule has 0 atom stereocenters. The highest BCUT2D eigenvalue weighted by atomic mass is 32.2. The van der Waals surface area contributed by atoms with Gasteiger partial charge in [0.25, 0.3) is 5.91 Å². The van der Waals surface area contributed by atoms with Crippen molar-refractivity contribution in [1.29, 1.82) is 0 Å². The topological polar surface area (TPSA) is 75.3 Å². The minimum Gasteiger partial charge on any atom is -0.355 e. The number of anilines is 1. The van der Waals surface area contributed by atoms with Crippen LogP contribution in [0.5, 0.6) is 0 Å². The molecule has 76 valence electrons. The van der Waals surface area contributed by atoms with Gasteiger partial charge in [0.05, 0.1) is 0 Å². The fourth-order valence-corrected chi connectivity index (χ4v) is 1.33. The standard InChI is InChI=1S/C8H10N2O3S/c1-9-8(11)6-3-2-4-7(5-6)10-14(12)13/h2-5,14H,1H3,(H,9,11)(H,10,12,13). The molecule has 0 heterocycles. The lowest BCUT2D eigenvalue weighted by molar-refractivity contribution is 0.0963. The van der Waals surface area contributed by atoms with Crippen LogP contribution in [-0.4, -0.2) is 21.4 Å². The predicted molar refractivity (Wildman–Crippen MR) is 53.8 cm³/mol. The molecule has 2 N–H and O–H groups in total. The van der Waals surface area contributed by atoms with Gasteiger partial charge in [0, 0.05) is 18.3 Å². The smallest absolute Gasteiger partial charge is 0.251 e. The molecular weight excluding hydrogens is 204 g/mol. The first-order valence-electron chi connectivity index (χ1n) is 3.86. The van der Waals surface area contributed by atoms with Crippen LogP contribution in [0.2, 0.25) is 0 Å². The lowest BCUT2D eigenvalue weighted by atomic mass is 10.2. The average molecular weight is 214 g/mol. The summed E-state index contributed by atoms with van der Waals surface area (Å²) in [4.78, 5) is 11.2. The van der Waals surface area contributed by atoms with Gasteiger partial charge in [-0.25, -0.2) is 8.42 Å². The third-order valence-electron chi connectivity index (χ3n) is 1.57.